The molecule has 32 heavy (non-hydrogen) atoms. The van der Waals surface area contributed by atoms with Crippen LogP contribution in [0.1, 0.15) is 107 Å². The molecule has 0 fully saturated rings. The lowest BCUT2D eigenvalue weighted by Gasteiger charge is -2.41. The van der Waals surface area contributed by atoms with Gasteiger partial charge in [-0.3, -0.25) is 4.79 Å². The van der Waals surface area contributed by atoms with Crippen LogP contribution in [-0.2, 0) is 9.22 Å². The Morgan fingerprint density at radius 2 is 1.72 bits per heavy atom. The Bertz CT molecular complexity index is 574. The Morgan fingerprint density at radius 1 is 1.06 bits per heavy atom. The molecular formula is C28H55NO2Si. The molecule has 0 aliphatic carbocycles. The van der Waals surface area contributed by atoms with E-state index in [-0.39, 0.29) is 16.9 Å². The number of amides is 1. The molecule has 0 saturated heterocycles. The van der Waals surface area contributed by atoms with E-state index >= 15 is 0 Å². The number of hydrogen-bond acceptors (Lipinski definition) is 2. The fourth-order valence-corrected chi connectivity index (χ4v) is 5.24. The number of hydrogen-bond donors (Lipinski definition) is 1. The molecule has 3 atom stereocenters. The van der Waals surface area contributed by atoms with Crippen molar-refractivity contribution in [2.24, 2.45) is 11.8 Å². The molecule has 0 aliphatic heterocycles. The molecule has 3 nitrogen and oxygen atoms in total. The lowest BCUT2D eigenvalue weighted by molar-refractivity contribution is -0.125. The standard InChI is InChI=1S/C28H55NO2Si/c1-11-15-16-18-25(14-4)27(30)29-22-17-19-24(13-3)26(21-20-23(5)12-2)31-32(9,10)28(6,7)8/h11-12,15,24-26H,13-14,16-22H2,1-10H3,(H,29,30)/b15-11-,23-12+/t24-,25-,26-/m1/s1. The minimum atomic E-state index is -1.83. The van der Waals surface area contributed by atoms with E-state index in [9.17, 15) is 4.79 Å². The molecule has 0 radical (unpaired) electrons. The minimum Gasteiger partial charge on any atom is -0.414 e. The maximum absolute atomic E-state index is 12.6. The van der Waals surface area contributed by atoms with E-state index in [4.69, 9.17) is 4.43 Å². The van der Waals surface area contributed by atoms with Crippen LogP contribution in [0.3, 0.4) is 0 Å². The van der Waals surface area contributed by atoms with Crippen molar-refractivity contribution in [2.75, 3.05) is 6.54 Å². The first-order valence-corrected chi connectivity index (χ1v) is 16.0. The van der Waals surface area contributed by atoms with Gasteiger partial charge in [-0.25, -0.2) is 0 Å². The van der Waals surface area contributed by atoms with Gasteiger partial charge in [-0.15, -0.1) is 0 Å². The van der Waals surface area contributed by atoms with Crippen LogP contribution in [-0.4, -0.2) is 26.9 Å². The van der Waals surface area contributed by atoms with Crippen molar-refractivity contribution < 1.29 is 9.22 Å². The van der Waals surface area contributed by atoms with E-state index in [1.165, 1.54) is 5.57 Å². The lowest BCUT2D eigenvalue weighted by Crippen LogP contribution is -2.46. The molecule has 0 heterocycles. The van der Waals surface area contributed by atoms with Crippen molar-refractivity contribution in [3.05, 3.63) is 23.8 Å². The zero-order valence-electron chi connectivity index (χ0n) is 23.1. The summed E-state index contributed by atoms with van der Waals surface area (Å²) in [6.07, 6.45) is 15.0. The van der Waals surface area contributed by atoms with E-state index < -0.39 is 8.32 Å². The summed E-state index contributed by atoms with van der Waals surface area (Å²) in [7, 11) is -1.83. The van der Waals surface area contributed by atoms with Crippen molar-refractivity contribution in [1.82, 2.24) is 5.32 Å². The van der Waals surface area contributed by atoms with E-state index in [0.717, 1.165) is 57.9 Å². The Labute approximate surface area is 202 Å². The number of nitrogens with one attached hydrogen (secondary N) is 1. The molecule has 188 valence electrons. The largest absolute Gasteiger partial charge is 0.414 e. The second-order valence-electron chi connectivity index (χ2n) is 10.9. The average molecular weight is 466 g/mol. The van der Waals surface area contributed by atoms with Gasteiger partial charge in [0.25, 0.3) is 0 Å². The molecule has 0 spiro atoms. The van der Waals surface area contributed by atoms with Gasteiger partial charge in [-0.2, -0.15) is 0 Å². The van der Waals surface area contributed by atoms with Gasteiger partial charge in [-0.05, 0) is 89.8 Å². The second kappa shape index (κ2) is 15.9. The minimum absolute atomic E-state index is 0.131. The topological polar surface area (TPSA) is 38.3 Å². The molecular weight excluding hydrogens is 410 g/mol. The summed E-state index contributed by atoms with van der Waals surface area (Å²) in [4.78, 5) is 12.6. The van der Waals surface area contributed by atoms with Crippen molar-refractivity contribution in [3.8, 4) is 0 Å². The van der Waals surface area contributed by atoms with Gasteiger partial charge < -0.3 is 9.74 Å². The summed E-state index contributed by atoms with van der Waals surface area (Å²) < 4.78 is 6.96. The summed E-state index contributed by atoms with van der Waals surface area (Å²) in [5, 5.41) is 3.42. The van der Waals surface area contributed by atoms with Crippen LogP contribution in [0, 0.1) is 11.8 Å². The van der Waals surface area contributed by atoms with Gasteiger partial charge in [0.05, 0.1) is 0 Å². The van der Waals surface area contributed by atoms with Crippen LogP contribution in [0.15, 0.2) is 23.8 Å². The highest BCUT2D eigenvalue weighted by Crippen LogP contribution is 2.39. The number of allylic oxidation sites excluding steroid dienone is 4. The predicted molar refractivity (Wildman–Crippen MR) is 145 cm³/mol. The van der Waals surface area contributed by atoms with Gasteiger partial charge in [0.2, 0.25) is 5.91 Å². The molecule has 0 aromatic heterocycles. The van der Waals surface area contributed by atoms with Crippen molar-refractivity contribution in [3.63, 3.8) is 0 Å². The zero-order valence-corrected chi connectivity index (χ0v) is 24.1. The third kappa shape index (κ3) is 11.8. The van der Waals surface area contributed by atoms with Crippen molar-refractivity contribution >= 4 is 14.2 Å². The molecule has 0 unspecified atom stereocenters. The number of carbonyl (C=O) groups is 1. The third-order valence-corrected chi connectivity index (χ3v) is 12.0. The van der Waals surface area contributed by atoms with E-state index in [2.05, 4.69) is 85.1 Å². The Hall–Kier alpha value is -0.873. The van der Waals surface area contributed by atoms with E-state index in [0.29, 0.717) is 12.0 Å². The van der Waals surface area contributed by atoms with Gasteiger partial charge in [0.1, 0.15) is 0 Å². The fraction of sp³-hybridized carbons (Fsp3) is 0.821. The molecule has 1 N–H and O–H groups in total. The number of carbonyl (C=O) groups excluding carboxylic acids is 1. The molecule has 0 bridgehead atoms. The Kier molecular flexibility index (Phi) is 15.4. The van der Waals surface area contributed by atoms with Gasteiger partial charge in [0.15, 0.2) is 8.32 Å². The van der Waals surface area contributed by atoms with Crippen LogP contribution in [0.5, 0.6) is 0 Å². The maximum Gasteiger partial charge on any atom is 0.223 e. The first-order chi connectivity index (χ1) is 14.9. The van der Waals surface area contributed by atoms with Crippen LogP contribution < -0.4 is 5.32 Å². The Morgan fingerprint density at radius 3 is 2.22 bits per heavy atom. The summed E-state index contributed by atoms with van der Waals surface area (Å²) in [5.74, 6) is 0.900. The second-order valence-corrected chi connectivity index (χ2v) is 15.7. The molecule has 0 aliphatic rings. The van der Waals surface area contributed by atoms with Crippen LogP contribution in [0.25, 0.3) is 0 Å². The van der Waals surface area contributed by atoms with E-state index in [1.54, 1.807) is 0 Å². The smallest absolute Gasteiger partial charge is 0.223 e. The summed E-state index contributed by atoms with van der Waals surface area (Å²) in [6.45, 7) is 23.3. The summed E-state index contributed by atoms with van der Waals surface area (Å²) >= 11 is 0. The molecule has 1 amide bonds. The summed E-state index contributed by atoms with van der Waals surface area (Å²) in [5.41, 5.74) is 1.44. The van der Waals surface area contributed by atoms with E-state index in [1.807, 2.05) is 6.92 Å². The fourth-order valence-electron chi connectivity index (χ4n) is 3.82. The zero-order chi connectivity index (χ0) is 24.8. The maximum atomic E-state index is 12.6. The first-order valence-electron chi connectivity index (χ1n) is 13.1. The summed E-state index contributed by atoms with van der Waals surface area (Å²) in [6, 6.07) is 0. The lowest BCUT2D eigenvalue weighted by atomic mass is 9.90. The first kappa shape index (κ1) is 31.1. The highest BCUT2D eigenvalue weighted by Gasteiger charge is 2.40. The van der Waals surface area contributed by atoms with Crippen LogP contribution in [0.2, 0.25) is 18.1 Å². The van der Waals surface area contributed by atoms with Gasteiger partial charge in [0, 0.05) is 18.6 Å². The third-order valence-electron chi connectivity index (χ3n) is 7.45. The molecule has 4 heteroatoms. The van der Waals surface area contributed by atoms with Crippen LogP contribution in [0.4, 0.5) is 0 Å². The van der Waals surface area contributed by atoms with Crippen molar-refractivity contribution in [1.29, 1.82) is 0 Å². The monoisotopic (exact) mass is 465 g/mol. The highest BCUT2D eigenvalue weighted by molar-refractivity contribution is 6.74. The molecule has 0 aromatic rings. The molecule has 0 saturated carbocycles. The van der Waals surface area contributed by atoms with Crippen LogP contribution >= 0.6 is 0 Å². The van der Waals surface area contributed by atoms with Gasteiger partial charge in [-0.1, -0.05) is 64.8 Å². The predicted octanol–water partition coefficient (Wildman–Crippen LogP) is 8.43. The SMILES string of the molecule is C/C=C\CC[C@@H](CC)C(=O)NCCC[C@@H](CC)[C@@H](CC/C(C)=C/C)O[Si](C)(C)C(C)(C)C. The number of rotatable bonds is 16. The van der Waals surface area contributed by atoms with Crippen molar-refractivity contribution in [2.45, 2.75) is 131 Å². The van der Waals surface area contributed by atoms with Gasteiger partial charge >= 0.3 is 0 Å². The molecule has 0 rings (SSSR count). The average Bonchev–Trinajstić information content (AvgIpc) is 2.73. The normalized spacial score (nSPS) is 16.2. The Balaban J connectivity index is 4.95. The quantitative estimate of drug-likeness (QED) is 0.141. The highest BCUT2D eigenvalue weighted by atomic mass is 28.4. The molecule has 0 aromatic carbocycles.